The van der Waals surface area contributed by atoms with E-state index in [9.17, 15) is 20.2 Å². The summed E-state index contributed by atoms with van der Waals surface area (Å²) in [5.74, 6) is -0.250. The molecule has 0 spiro atoms. The van der Waals surface area contributed by atoms with Crippen LogP contribution in [0.4, 0.5) is 11.4 Å². The van der Waals surface area contributed by atoms with Gasteiger partial charge in [0.25, 0.3) is 11.6 Å². The number of rotatable bonds is 7. The zero-order valence-electron chi connectivity index (χ0n) is 17.0. The molecular weight excluding hydrogens is 613 g/mol. The molecule has 3 rings (SSSR count). The molecule has 0 aliphatic carbocycles. The molecule has 1 amide bonds. The maximum Gasteiger partial charge on any atom is 0.271 e. The van der Waals surface area contributed by atoms with E-state index in [1.165, 1.54) is 18.2 Å². The minimum Gasteiger partial charge on any atom is -0.486 e. The summed E-state index contributed by atoms with van der Waals surface area (Å²) < 4.78 is 7.04. The van der Waals surface area contributed by atoms with Crippen LogP contribution in [0.25, 0.3) is 6.08 Å². The van der Waals surface area contributed by atoms with Crippen LogP contribution in [0, 0.1) is 21.4 Å². The molecule has 0 fully saturated rings. The van der Waals surface area contributed by atoms with E-state index < -0.39 is 10.8 Å². The number of halogens is 4. The predicted octanol–water partition coefficient (Wildman–Crippen LogP) is 7.55. The first-order valence-electron chi connectivity index (χ1n) is 9.42. The summed E-state index contributed by atoms with van der Waals surface area (Å²) in [5.41, 5.74) is 0.886. The van der Waals surface area contributed by atoms with E-state index >= 15 is 0 Å². The van der Waals surface area contributed by atoms with E-state index in [1.807, 2.05) is 24.3 Å². The Kier molecular flexibility index (Phi) is 8.69. The van der Waals surface area contributed by atoms with E-state index in [-0.39, 0.29) is 28.6 Å². The first-order valence-corrected chi connectivity index (χ1v) is 11.8. The number of anilines is 1. The maximum atomic E-state index is 12.6. The van der Waals surface area contributed by atoms with Crippen LogP contribution in [0.1, 0.15) is 11.1 Å². The Morgan fingerprint density at radius 2 is 1.79 bits per heavy atom. The number of carbonyl (C=O) groups excluding carboxylic acids is 1. The molecule has 0 aliphatic heterocycles. The van der Waals surface area contributed by atoms with Gasteiger partial charge in [0.05, 0.1) is 24.6 Å². The number of ether oxygens (including phenoxy) is 1. The van der Waals surface area contributed by atoms with Crippen LogP contribution in [-0.2, 0) is 11.4 Å². The number of nitro benzene ring substituents is 1. The second-order valence-corrected chi connectivity index (χ2v) is 9.26. The second kappa shape index (κ2) is 11.5. The Labute approximate surface area is 221 Å². The Morgan fingerprint density at radius 1 is 1.12 bits per heavy atom. The third-order valence-electron chi connectivity index (χ3n) is 4.44. The normalized spacial score (nSPS) is 11.0. The molecule has 0 unspecified atom stereocenters. The van der Waals surface area contributed by atoms with Crippen LogP contribution in [0.3, 0.4) is 0 Å². The van der Waals surface area contributed by atoms with Gasteiger partial charge in [0.15, 0.2) is 0 Å². The van der Waals surface area contributed by atoms with Crippen molar-refractivity contribution in [2.75, 3.05) is 5.32 Å². The number of hydrogen-bond acceptors (Lipinski definition) is 5. The summed E-state index contributed by atoms with van der Waals surface area (Å²) in [4.78, 5) is 23.0. The Morgan fingerprint density at radius 3 is 2.41 bits per heavy atom. The average Bonchev–Trinajstić information content (AvgIpc) is 2.79. The lowest BCUT2D eigenvalue weighted by molar-refractivity contribution is -0.384. The SMILES string of the molecule is N#C/C(=C\c1cc(Br)c(OCc2ccccc2Cl)c(Br)c1)C(=O)Nc1cc([N+](=O)[O-])ccc1Cl. The molecule has 0 aliphatic rings. The molecule has 0 saturated carbocycles. The minimum atomic E-state index is -0.767. The zero-order chi connectivity index (χ0) is 24.8. The highest BCUT2D eigenvalue weighted by atomic mass is 79.9. The van der Waals surface area contributed by atoms with Crippen molar-refractivity contribution in [3.63, 3.8) is 0 Å². The molecule has 11 heteroatoms. The summed E-state index contributed by atoms with van der Waals surface area (Å²) >= 11 is 19.1. The van der Waals surface area contributed by atoms with Crippen molar-refractivity contribution in [1.29, 1.82) is 5.26 Å². The molecule has 0 aromatic heterocycles. The van der Waals surface area contributed by atoms with E-state index in [4.69, 9.17) is 27.9 Å². The molecule has 0 heterocycles. The van der Waals surface area contributed by atoms with Gasteiger partial charge in [-0.2, -0.15) is 5.26 Å². The fraction of sp³-hybridized carbons (Fsp3) is 0.0435. The van der Waals surface area contributed by atoms with Crippen LogP contribution in [0.15, 0.2) is 69.1 Å². The summed E-state index contributed by atoms with van der Waals surface area (Å²) in [6, 6.07) is 16.1. The van der Waals surface area contributed by atoms with E-state index in [2.05, 4.69) is 37.2 Å². The topological polar surface area (TPSA) is 105 Å². The first kappa shape index (κ1) is 25.7. The molecule has 0 atom stereocenters. The van der Waals surface area contributed by atoms with Gasteiger partial charge in [-0.3, -0.25) is 14.9 Å². The molecule has 0 radical (unpaired) electrons. The summed E-state index contributed by atoms with van der Waals surface area (Å²) in [6.45, 7) is 0.238. The number of carbonyl (C=O) groups is 1. The van der Waals surface area contributed by atoms with Crippen LogP contribution < -0.4 is 10.1 Å². The van der Waals surface area contributed by atoms with Crippen LogP contribution in [-0.4, -0.2) is 10.8 Å². The first-order chi connectivity index (χ1) is 16.2. The van der Waals surface area contributed by atoms with Crippen molar-refractivity contribution in [3.05, 3.63) is 100 Å². The third-order valence-corrected chi connectivity index (χ3v) is 6.31. The highest BCUT2D eigenvalue weighted by Crippen LogP contribution is 2.36. The summed E-state index contributed by atoms with van der Waals surface area (Å²) in [7, 11) is 0. The van der Waals surface area contributed by atoms with Crippen LogP contribution in [0.2, 0.25) is 10.0 Å². The highest BCUT2D eigenvalue weighted by molar-refractivity contribution is 9.11. The molecular formula is C23H13Br2Cl2N3O4. The minimum absolute atomic E-state index is 0.0210. The zero-order valence-corrected chi connectivity index (χ0v) is 21.7. The fourth-order valence-corrected chi connectivity index (χ4v) is 4.60. The van der Waals surface area contributed by atoms with Gasteiger partial charge in [-0.05, 0) is 67.8 Å². The monoisotopic (exact) mass is 623 g/mol. The van der Waals surface area contributed by atoms with Gasteiger partial charge >= 0.3 is 0 Å². The van der Waals surface area contributed by atoms with Gasteiger partial charge in [-0.15, -0.1) is 0 Å². The van der Waals surface area contributed by atoms with Gasteiger partial charge in [-0.25, -0.2) is 0 Å². The molecule has 1 N–H and O–H groups in total. The quantitative estimate of drug-likeness (QED) is 0.126. The third kappa shape index (κ3) is 6.36. The standard InChI is InChI=1S/C23H13Br2Cl2N3O4/c24-17-8-13(9-18(25)22(17)34-12-14-3-1-2-4-19(14)26)7-15(11-28)23(31)29-21-10-16(30(32)33)5-6-20(21)27/h1-10H,12H2,(H,29,31)/b15-7+. The van der Waals surface area contributed by atoms with Gasteiger partial charge in [0, 0.05) is 22.7 Å². The molecule has 34 heavy (non-hydrogen) atoms. The second-order valence-electron chi connectivity index (χ2n) is 6.74. The smallest absolute Gasteiger partial charge is 0.271 e. The number of nitriles is 1. The largest absolute Gasteiger partial charge is 0.486 e. The lowest BCUT2D eigenvalue weighted by Gasteiger charge is -2.12. The van der Waals surface area contributed by atoms with Crippen molar-refractivity contribution < 1.29 is 14.5 Å². The van der Waals surface area contributed by atoms with E-state index in [0.717, 1.165) is 11.6 Å². The number of nitro groups is 1. The maximum absolute atomic E-state index is 12.6. The Hall–Kier alpha value is -2.90. The Balaban J connectivity index is 1.81. The molecule has 0 saturated heterocycles. The Bertz CT molecular complexity index is 1330. The number of non-ortho nitro benzene ring substituents is 1. The molecule has 3 aromatic carbocycles. The molecule has 172 valence electrons. The lowest BCUT2D eigenvalue weighted by atomic mass is 10.1. The van der Waals surface area contributed by atoms with Crippen LogP contribution >= 0.6 is 55.1 Å². The lowest BCUT2D eigenvalue weighted by Crippen LogP contribution is -2.14. The highest BCUT2D eigenvalue weighted by Gasteiger charge is 2.16. The van der Waals surface area contributed by atoms with Crippen molar-refractivity contribution in [2.24, 2.45) is 0 Å². The number of nitrogens with one attached hydrogen (secondary N) is 1. The number of benzene rings is 3. The summed E-state index contributed by atoms with van der Waals surface area (Å²) in [6.07, 6.45) is 1.37. The van der Waals surface area contributed by atoms with Gasteiger partial charge < -0.3 is 10.1 Å². The van der Waals surface area contributed by atoms with Crippen molar-refractivity contribution in [3.8, 4) is 11.8 Å². The van der Waals surface area contributed by atoms with Crippen LogP contribution in [0.5, 0.6) is 5.75 Å². The van der Waals surface area contributed by atoms with Crippen molar-refractivity contribution >= 4 is 78.4 Å². The van der Waals surface area contributed by atoms with Crippen molar-refractivity contribution in [1.82, 2.24) is 0 Å². The molecule has 7 nitrogen and oxygen atoms in total. The van der Waals surface area contributed by atoms with Gasteiger partial charge in [0.2, 0.25) is 0 Å². The number of nitrogens with zero attached hydrogens (tertiary/aromatic N) is 2. The summed E-state index contributed by atoms with van der Waals surface area (Å²) in [5, 5.41) is 23.6. The number of amides is 1. The van der Waals surface area contributed by atoms with E-state index in [0.29, 0.717) is 25.3 Å². The average molecular weight is 626 g/mol. The van der Waals surface area contributed by atoms with Crippen molar-refractivity contribution in [2.45, 2.75) is 6.61 Å². The predicted molar refractivity (Wildman–Crippen MR) is 138 cm³/mol. The number of hydrogen-bond donors (Lipinski definition) is 1. The van der Waals surface area contributed by atoms with Gasteiger partial charge in [0.1, 0.15) is 24.0 Å². The molecule has 3 aromatic rings. The van der Waals surface area contributed by atoms with E-state index in [1.54, 1.807) is 18.2 Å². The van der Waals surface area contributed by atoms with Gasteiger partial charge in [-0.1, -0.05) is 41.4 Å². The molecule has 0 bridgehead atoms. The fourth-order valence-electron chi connectivity index (χ4n) is 2.79.